The predicted molar refractivity (Wildman–Crippen MR) is 41.8 cm³/mol. The third-order valence-electron chi connectivity index (χ3n) is 2.59. The molecule has 1 atom stereocenters. The molecule has 0 radical (unpaired) electrons. The summed E-state index contributed by atoms with van der Waals surface area (Å²) in [5.41, 5.74) is -0.102. The van der Waals surface area contributed by atoms with Gasteiger partial charge in [0, 0.05) is 0 Å². The molecule has 0 heterocycles. The lowest BCUT2D eigenvalue weighted by Crippen LogP contribution is -2.33. The van der Waals surface area contributed by atoms with Crippen molar-refractivity contribution in [1.82, 2.24) is 0 Å². The maximum absolute atomic E-state index is 9.33. The lowest BCUT2D eigenvalue weighted by Gasteiger charge is -2.31. The summed E-state index contributed by atoms with van der Waals surface area (Å²) in [6, 6.07) is 0. The number of hydrogen-bond acceptors (Lipinski definition) is 2. The van der Waals surface area contributed by atoms with Crippen LogP contribution in [-0.2, 0) is 0 Å². The monoisotopic (exact) mass is 146 g/mol. The zero-order valence-electron chi connectivity index (χ0n) is 7.09. The van der Waals surface area contributed by atoms with Gasteiger partial charge in [0.2, 0.25) is 0 Å². The highest BCUT2D eigenvalue weighted by atomic mass is 16.3. The summed E-state index contributed by atoms with van der Waals surface area (Å²) in [7, 11) is 0. The standard InChI is InChI=1S/C8H18O2/c1-4-8(3,5-2)7(10)6-9/h7,9-10H,4-6H2,1-3H3. The van der Waals surface area contributed by atoms with E-state index in [0.29, 0.717) is 0 Å². The van der Waals surface area contributed by atoms with E-state index in [-0.39, 0.29) is 12.0 Å². The van der Waals surface area contributed by atoms with Crippen molar-refractivity contribution in [2.75, 3.05) is 6.61 Å². The van der Waals surface area contributed by atoms with Gasteiger partial charge in [-0.1, -0.05) is 20.8 Å². The average molecular weight is 146 g/mol. The van der Waals surface area contributed by atoms with Gasteiger partial charge in [0.25, 0.3) is 0 Å². The normalized spacial score (nSPS) is 15.3. The molecule has 0 aromatic heterocycles. The molecule has 0 aliphatic rings. The van der Waals surface area contributed by atoms with Gasteiger partial charge in [-0.2, -0.15) is 0 Å². The van der Waals surface area contributed by atoms with Crippen LogP contribution in [0.1, 0.15) is 33.6 Å². The van der Waals surface area contributed by atoms with Crippen molar-refractivity contribution in [3.63, 3.8) is 0 Å². The smallest absolute Gasteiger partial charge is 0.0824 e. The molecule has 0 bridgehead atoms. The van der Waals surface area contributed by atoms with E-state index in [1.165, 1.54) is 0 Å². The van der Waals surface area contributed by atoms with Gasteiger partial charge in [-0.25, -0.2) is 0 Å². The molecule has 0 saturated carbocycles. The zero-order valence-corrected chi connectivity index (χ0v) is 7.09. The van der Waals surface area contributed by atoms with Crippen molar-refractivity contribution >= 4 is 0 Å². The molecule has 1 unspecified atom stereocenters. The van der Waals surface area contributed by atoms with E-state index in [0.717, 1.165) is 12.8 Å². The molecule has 0 amide bonds. The summed E-state index contributed by atoms with van der Waals surface area (Å²) in [5, 5.41) is 18.0. The minimum atomic E-state index is -0.567. The van der Waals surface area contributed by atoms with E-state index in [1.807, 2.05) is 20.8 Å². The molecule has 2 nitrogen and oxygen atoms in total. The molecule has 0 spiro atoms. The molecule has 0 aliphatic carbocycles. The topological polar surface area (TPSA) is 40.5 Å². The van der Waals surface area contributed by atoms with Gasteiger partial charge in [0.1, 0.15) is 0 Å². The number of hydrogen-bond donors (Lipinski definition) is 2. The summed E-state index contributed by atoms with van der Waals surface area (Å²) in [6.07, 6.45) is 1.25. The van der Waals surface area contributed by atoms with Crippen LogP contribution in [-0.4, -0.2) is 22.9 Å². The van der Waals surface area contributed by atoms with E-state index < -0.39 is 6.10 Å². The molecule has 0 aromatic carbocycles. The Morgan fingerprint density at radius 1 is 1.30 bits per heavy atom. The summed E-state index contributed by atoms with van der Waals surface area (Å²) >= 11 is 0. The Morgan fingerprint density at radius 3 is 1.80 bits per heavy atom. The fourth-order valence-corrected chi connectivity index (χ4v) is 0.942. The lowest BCUT2D eigenvalue weighted by atomic mass is 9.79. The molecule has 0 aromatic rings. The molecule has 2 heteroatoms. The van der Waals surface area contributed by atoms with Crippen LogP contribution in [0, 0.1) is 5.41 Å². The summed E-state index contributed by atoms with van der Waals surface area (Å²) < 4.78 is 0. The maximum Gasteiger partial charge on any atom is 0.0824 e. The van der Waals surface area contributed by atoms with Crippen molar-refractivity contribution in [2.24, 2.45) is 5.41 Å². The van der Waals surface area contributed by atoms with Gasteiger partial charge >= 0.3 is 0 Å². The predicted octanol–water partition coefficient (Wildman–Crippen LogP) is 1.17. The fraction of sp³-hybridized carbons (Fsp3) is 1.00. The quantitative estimate of drug-likeness (QED) is 0.625. The average Bonchev–Trinajstić information content (AvgIpc) is 2.01. The second-order valence-electron chi connectivity index (χ2n) is 3.06. The molecular weight excluding hydrogens is 128 g/mol. The molecule has 0 saturated heterocycles. The Kier molecular flexibility index (Phi) is 3.91. The zero-order chi connectivity index (χ0) is 8.20. The number of aliphatic hydroxyl groups excluding tert-OH is 2. The second kappa shape index (κ2) is 3.94. The molecule has 2 N–H and O–H groups in total. The third-order valence-corrected chi connectivity index (χ3v) is 2.59. The second-order valence-corrected chi connectivity index (χ2v) is 3.06. The van der Waals surface area contributed by atoms with Crippen molar-refractivity contribution in [1.29, 1.82) is 0 Å². The van der Waals surface area contributed by atoms with Crippen LogP contribution in [0.5, 0.6) is 0 Å². The van der Waals surface area contributed by atoms with Gasteiger partial charge in [-0.15, -0.1) is 0 Å². The summed E-state index contributed by atoms with van der Waals surface area (Å²) in [4.78, 5) is 0. The minimum Gasteiger partial charge on any atom is -0.394 e. The summed E-state index contributed by atoms with van der Waals surface area (Å²) in [5.74, 6) is 0. The van der Waals surface area contributed by atoms with Crippen molar-refractivity contribution in [2.45, 2.75) is 39.7 Å². The van der Waals surface area contributed by atoms with Gasteiger partial charge in [-0.05, 0) is 18.3 Å². The Labute approximate surface area is 62.9 Å². The van der Waals surface area contributed by atoms with Crippen LogP contribution < -0.4 is 0 Å². The van der Waals surface area contributed by atoms with Crippen molar-refractivity contribution in [3.05, 3.63) is 0 Å². The molecule has 0 rings (SSSR count). The number of aliphatic hydroxyl groups is 2. The van der Waals surface area contributed by atoms with Gasteiger partial charge in [0.15, 0.2) is 0 Å². The van der Waals surface area contributed by atoms with E-state index in [4.69, 9.17) is 5.11 Å². The molecule has 62 valence electrons. The highest BCUT2D eigenvalue weighted by molar-refractivity contribution is 4.78. The molecule has 10 heavy (non-hydrogen) atoms. The Balaban J connectivity index is 4.02. The van der Waals surface area contributed by atoms with Gasteiger partial charge < -0.3 is 10.2 Å². The lowest BCUT2D eigenvalue weighted by molar-refractivity contribution is -0.0107. The first-order valence-corrected chi connectivity index (χ1v) is 3.89. The van der Waals surface area contributed by atoms with E-state index in [2.05, 4.69) is 0 Å². The highest BCUT2D eigenvalue weighted by Gasteiger charge is 2.28. The van der Waals surface area contributed by atoms with Crippen LogP contribution >= 0.6 is 0 Å². The van der Waals surface area contributed by atoms with Gasteiger partial charge in [0.05, 0.1) is 12.7 Å². The van der Waals surface area contributed by atoms with Crippen LogP contribution in [0.15, 0.2) is 0 Å². The largest absolute Gasteiger partial charge is 0.394 e. The first kappa shape index (κ1) is 9.92. The van der Waals surface area contributed by atoms with Gasteiger partial charge in [-0.3, -0.25) is 0 Å². The van der Waals surface area contributed by atoms with Crippen LogP contribution in [0.2, 0.25) is 0 Å². The maximum atomic E-state index is 9.33. The van der Waals surface area contributed by atoms with Crippen LogP contribution in [0.25, 0.3) is 0 Å². The van der Waals surface area contributed by atoms with E-state index >= 15 is 0 Å². The Hall–Kier alpha value is -0.0800. The molecule has 0 fully saturated rings. The van der Waals surface area contributed by atoms with Crippen LogP contribution in [0.3, 0.4) is 0 Å². The molecular formula is C8H18O2. The highest BCUT2D eigenvalue weighted by Crippen LogP contribution is 2.29. The molecule has 0 aliphatic heterocycles. The number of rotatable bonds is 4. The van der Waals surface area contributed by atoms with Crippen molar-refractivity contribution in [3.8, 4) is 0 Å². The summed E-state index contributed by atoms with van der Waals surface area (Å²) in [6.45, 7) is 5.93. The van der Waals surface area contributed by atoms with E-state index in [9.17, 15) is 5.11 Å². The van der Waals surface area contributed by atoms with E-state index in [1.54, 1.807) is 0 Å². The first-order chi connectivity index (χ1) is 4.60. The Morgan fingerprint density at radius 2 is 1.70 bits per heavy atom. The minimum absolute atomic E-state index is 0.102. The van der Waals surface area contributed by atoms with Crippen LogP contribution in [0.4, 0.5) is 0 Å². The van der Waals surface area contributed by atoms with Crippen molar-refractivity contribution < 1.29 is 10.2 Å². The third kappa shape index (κ3) is 1.96. The Bertz CT molecular complexity index is 87.3. The SMILES string of the molecule is CCC(C)(CC)C(O)CO. The fourth-order valence-electron chi connectivity index (χ4n) is 0.942. The first-order valence-electron chi connectivity index (χ1n) is 3.89.